The lowest BCUT2D eigenvalue weighted by Crippen LogP contribution is -2.41. The van der Waals surface area contributed by atoms with E-state index in [9.17, 15) is 4.79 Å². The van der Waals surface area contributed by atoms with Crippen LogP contribution in [0, 0.1) is 0 Å². The summed E-state index contributed by atoms with van der Waals surface area (Å²) < 4.78 is 0. The molecule has 1 atom stereocenters. The van der Waals surface area contributed by atoms with Crippen molar-refractivity contribution in [2.75, 3.05) is 6.54 Å². The van der Waals surface area contributed by atoms with Crippen LogP contribution in [-0.4, -0.2) is 18.5 Å². The van der Waals surface area contributed by atoms with E-state index >= 15 is 0 Å². The highest BCUT2D eigenvalue weighted by Crippen LogP contribution is 2.20. The lowest BCUT2D eigenvalue weighted by atomic mass is 10.1. The number of rotatable bonds is 6. The average Bonchev–Trinajstić information content (AvgIpc) is 2.32. The fourth-order valence-electron chi connectivity index (χ4n) is 1.62. The molecule has 0 aliphatic heterocycles. The molecule has 0 spiro atoms. The minimum Gasteiger partial charge on any atom is -0.354 e. The molecule has 0 saturated heterocycles. The van der Waals surface area contributed by atoms with Gasteiger partial charge >= 0.3 is 0 Å². The monoisotopic (exact) mass is 288 g/mol. The van der Waals surface area contributed by atoms with Gasteiger partial charge in [0.1, 0.15) is 0 Å². The number of carbonyl (C=O) groups is 1. The molecule has 18 heavy (non-hydrogen) atoms. The molecule has 100 valence electrons. The summed E-state index contributed by atoms with van der Waals surface area (Å²) in [5, 5.41) is 4.03. The molecule has 5 heteroatoms. The van der Waals surface area contributed by atoms with E-state index in [1.54, 1.807) is 12.1 Å². The number of amides is 1. The van der Waals surface area contributed by atoms with Crippen molar-refractivity contribution in [1.29, 1.82) is 0 Å². The number of hydrogen-bond donors (Lipinski definition) is 2. The van der Waals surface area contributed by atoms with Crippen molar-refractivity contribution in [3.05, 3.63) is 33.8 Å². The van der Waals surface area contributed by atoms with E-state index in [1.807, 2.05) is 13.0 Å². The zero-order valence-corrected chi connectivity index (χ0v) is 11.9. The fourth-order valence-corrected chi connectivity index (χ4v) is 2.12. The van der Waals surface area contributed by atoms with Crippen molar-refractivity contribution in [2.45, 2.75) is 32.2 Å². The lowest BCUT2D eigenvalue weighted by molar-refractivity contribution is -0.122. The third-order valence-electron chi connectivity index (χ3n) is 2.65. The molecular weight excluding hydrogens is 271 g/mol. The van der Waals surface area contributed by atoms with Gasteiger partial charge < -0.3 is 11.1 Å². The summed E-state index contributed by atoms with van der Waals surface area (Å²) in [4.78, 5) is 11.6. The highest BCUT2D eigenvalue weighted by Gasteiger charge is 2.11. The Morgan fingerprint density at radius 3 is 2.78 bits per heavy atom. The topological polar surface area (TPSA) is 55.1 Å². The van der Waals surface area contributed by atoms with Crippen LogP contribution < -0.4 is 11.1 Å². The highest BCUT2D eigenvalue weighted by atomic mass is 35.5. The van der Waals surface area contributed by atoms with Crippen LogP contribution in [0.15, 0.2) is 18.2 Å². The highest BCUT2D eigenvalue weighted by molar-refractivity contribution is 6.35. The first-order valence-corrected chi connectivity index (χ1v) is 6.77. The number of halogens is 2. The molecule has 0 aromatic heterocycles. The fraction of sp³-hybridized carbons (Fsp3) is 0.462. The van der Waals surface area contributed by atoms with Crippen LogP contribution in [-0.2, 0) is 11.2 Å². The van der Waals surface area contributed by atoms with Crippen molar-refractivity contribution in [3.8, 4) is 0 Å². The van der Waals surface area contributed by atoms with Gasteiger partial charge in [0.25, 0.3) is 0 Å². The normalized spacial score (nSPS) is 12.2. The molecular formula is C13H18Cl2N2O. The van der Waals surface area contributed by atoms with Gasteiger partial charge in [-0.3, -0.25) is 4.79 Å². The Kier molecular flexibility index (Phi) is 6.47. The summed E-state index contributed by atoms with van der Waals surface area (Å²) in [6.45, 7) is 2.53. The zero-order chi connectivity index (χ0) is 13.5. The molecule has 0 unspecified atom stereocenters. The van der Waals surface area contributed by atoms with E-state index in [-0.39, 0.29) is 5.91 Å². The molecule has 0 fully saturated rings. The molecule has 0 radical (unpaired) electrons. The standard InChI is InChI=1S/C13H18Cl2N2O/c1-2-3-12(16)13(18)17-7-6-9-4-5-10(14)8-11(9)15/h4-5,8,12H,2-3,6-7,16H2,1H3,(H,17,18)/t12-/m0/s1. The maximum Gasteiger partial charge on any atom is 0.236 e. The van der Waals surface area contributed by atoms with E-state index in [1.165, 1.54) is 0 Å². The third-order valence-corrected chi connectivity index (χ3v) is 3.23. The predicted molar refractivity (Wildman–Crippen MR) is 76.1 cm³/mol. The van der Waals surface area contributed by atoms with Gasteiger partial charge in [0.15, 0.2) is 0 Å². The SMILES string of the molecule is CCC[C@H](N)C(=O)NCCc1ccc(Cl)cc1Cl. The Morgan fingerprint density at radius 2 is 2.17 bits per heavy atom. The molecule has 1 aromatic carbocycles. The minimum absolute atomic E-state index is 0.109. The molecule has 1 aromatic rings. The van der Waals surface area contributed by atoms with E-state index in [4.69, 9.17) is 28.9 Å². The first-order valence-electron chi connectivity index (χ1n) is 6.01. The third kappa shape index (κ3) is 4.84. The second-order valence-electron chi connectivity index (χ2n) is 4.17. The summed E-state index contributed by atoms with van der Waals surface area (Å²) in [6.07, 6.45) is 2.27. The first kappa shape index (κ1) is 15.3. The second-order valence-corrected chi connectivity index (χ2v) is 5.02. The van der Waals surface area contributed by atoms with Gasteiger partial charge in [-0.25, -0.2) is 0 Å². The molecule has 0 aliphatic rings. The van der Waals surface area contributed by atoms with Gasteiger partial charge in [-0.2, -0.15) is 0 Å². The molecule has 1 rings (SSSR count). The number of benzene rings is 1. The predicted octanol–water partition coefficient (Wildman–Crippen LogP) is 2.78. The number of nitrogens with one attached hydrogen (secondary N) is 1. The Balaban J connectivity index is 2.39. The van der Waals surface area contributed by atoms with Gasteiger partial charge in [0, 0.05) is 16.6 Å². The van der Waals surface area contributed by atoms with Crippen LogP contribution in [0.4, 0.5) is 0 Å². The van der Waals surface area contributed by atoms with Gasteiger partial charge in [0.2, 0.25) is 5.91 Å². The Bertz CT molecular complexity index is 410. The Morgan fingerprint density at radius 1 is 1.44 bits per heavy atom. The summed E-state index contributed by atoms with van der Waals surface area (Å²) >= 11 is 11.8. The molecule has 1 amide bonds. The largest absolute Gasteiger partial charge is 0.354 e. The maximum absolute atomic E-state index is 11.6. The van der Waals surface area contributed by atoms with Gasteiger partial charge in [0.05, 0.1) is 6.04 Å². The minimum atomic E-state index is -0.421. The van der Waals surface area contributed by atoms with Crippen LogP contribution in [0.25, 0.3) is 0 Å². The van der Waals surface area contributed by atoms with Gasteiger partial charge in [-0.05, 0) is 30.5 Å². The summed E-state index contributed by atoms with van der Waals surface area (Å²) in [7, 11) is 0. The zero-order valence-electron chi connectivity index (χ0n) is 10.4. The lowest BCUT2D eigenvalue weighted by Gasteiger charge is -2.11. The van der Waals surface area contributed by atoms with Crippen LogP contribution in [0.1, 0.15) is 25.3 Å². The Hall–Kier alpha value is -0.770. The summed E-state index contributed by atoms with van der Waals surface area (Å²) in [5.41, 5.74) is 6.66. The summed E-state index contributed by atoms with van der Waals surface area (Å²) in [5.74, 6) is -0.109. The average molecular weight is 289 g/mol. The van der Waals surface area contributed by atoms with Crippen molar-refractivity contribution in [2.24, 2.45) is 5.73 Å². The number of nitrogens with two attached hydrogens (primary N) is 1. The van der Waals surface area contributed by atoms with Crippen molar-refractivity contribution in [1.82, 2.24) is 5.32 Å². The molecule has 0 saturated carbocycles. The van der Waals surface area contributed by atoms with Crippen LogP contribution in [0.2, 0.25) is 10.0 Å². The Labute approximate surface area is 118 Å². The van der Waals surface area contributed by atoms with Crippen molar-refractivity contribution >= 4 is 29.1 Å². The molecule has 0 bridgehead atoms. The quantitative estimate of drug-likeness (QED) is 0.846. The number of hydrogen-bond acceptors (Lipinski definition) is 2. The van der Waals surface area contributed by atoms with Crippen molar-refractivity contribution in [3.63, 3.8) is 0 Å². The van der Waals surface area contributed by atoms with Crippen LogP contribution in [0.3, 0.4) is 0 Å². The summed E-state index contributed by atoms with van der Waals surface area (Å²) in [6, 6.07) is 4.93. The van der Waals surface area contributed by atoms with E-state index in [2.05, 4.69) is 5.32 Å². The van der Waals surface area contributed by atoms with E-state index < -0.39 is 6.04 Å². The smallest absolute Gasteiger partial charge is 0.236 e. The van der Waals surface area contributed by atoms with E-state index in [0.29, 0.717) is 29.4 Å². The van der Waals surface area contributed by atoms with Gasteiger partial charge in [-0.1, -0.05) is 42.6 Å². The van der Waals surface area contributed by atoms with E-state index in [0.717, 1.165) is 12.0 Å². The van der Waals surface area contributed by atoms with Crippen LogP contribution in [0.5, 0.6) is 0 Å². The number of carbonyl (C=O) groups excluding carboxylic acids is 1. The molecule has 0 heterocycles. The maximum atomic E-state index is 11.6. The van der Waals surface area contributed by atoms with Gasteiger partial charge in [-0.15, -0.1) is 0 Å². The molecule has 3 N–H and O–H groups in total. The molecule has 0 aliphatic carbocycles. The van der Waals surface area contributed by atoms with Crippen molar-refractivity contribution < 1.29 is 4.79 Å². The van der Waals surface area contributed by atoms with Crippen LogP contribution >= 0.6 is 23.2 Å². The second kappa shape index (κ2) is 7.62. The first-order chi connectivity index (χ1) is 8.54. The molecule has 3 nitrogen and oxygen atoms in total.